The van der Waals surface area contributed by atoms with Gasteiger partial charge in [-0.25, -0.2) is 19.9 Å². The minimum absolute atomic E-state index is 0.521. The third kappa shape index (κ3) is 4.85. The van der Waals surface area contributed by atoms with Gasteiger partial charge in [-0.15, -0.1) is 11.3 Å². The maximum absolute atomic E-state index is 6.62. The van der Waals surface area contributed by atoms with Crippen LogP contribution in [0.4, 0.5) is 0 Å². The number of nitrogens with zero attached hydrogens (tertiary/aromatic N) is 4. The summed E-state index contributed by atoms with van der Waals surface area (Å²) < 4.78 is 7.66. The van der Waals surface area contributed by atoms with Crippen LogP contribution in [0.15, 0.2) is 162 Å². The number of aromatic nitrogens is 4. The fraction of sp³-hybridized carbons (Fsp3) is 0. The maximum atomic E-state index is 6.62. The summed E-state index contributed by atoms with van der Waals surface area (Å²) >= 11 is 1.66. The molecule has 0 amide bonds. The summed E-state index contributed by atoms with van der Waals surface area (Å²) in [6.07, 6.45) is 0. The zero-order valence-corrected chi connectivity index (χ0v) is 27.4. The minimum Gasteiger partial charge on any atom is -0.455 e. The molecule has 234 valence electrons. The largest absolute Gasteiger partial charge is 0.455 e. The SMILES string of the molecule is c1ccc(-c2ccc3cc(-c4nc(-c5ccccc5)nc(-c5c6nc(-c7ccccc7)sc6cc6c5oc5ccccc56)n4)ccc3c2)cc1. The van der Waals surface area contributed by atoms with E-state index in [0.29, 0.717) is 23.1 Å². The smallest absolute Gasteiger partial charge is 0.170 e. The number of para-hydroxylation sites is 1. The third-order valence-electron chi connectivity index (χ3n) is 9.14. The van der Waals surface area contributed by atoms with Crippen molar-refractivity contribution < 1.29 is 4.42 Å². The zero-order chi connectivity index (χ0) is 33.0. The molecule has 0 saturated carbocycles. The van der Waals surface area contributed by atoms with Crippen LogP contribution in [-0.4, -0.2) is 19.9 Å². The van der Waals surface area contributed by atoms with Gasteiger partial charge in [-0.1, -0.05) is 133 Å². The lowest BCUT2D eigenvalue weighted by Gasteiger charge is -2.10. The molecule has 0 N–H and O–H groups in total. The van der Waals surface area contributed by atoms with Gasteiger partial charge in [0.05, 0.1) is 15.8 Å². The van der Waals surface area contributed by atoms with Crippen LogP contribution in [0.2, 0.25) is 0 Å². The van der Waals surface area contributed by atoms with Crippen molar-refractivity contribution >= 4 is 54.3 Å². The summed E-state index contributed by atoms with van der Waals surface area (Å²) in [7, 11) is 0. The number of fused-ring (bicyclic) bond motifs is 5. The molecular weight excluding hydrogens is 633 g/mol. The van der Waals surface area contributed by atoms with Crippen LogP contribution in [0.5, 0.6) is 0 Å². The molecule has 0 aliphatic carbocycles. The summed E-state index contributed by atoms with van der Waals surface area (Å²) in [5.74, 6) is 1.69. The maximum Gasteiger partial charge on any atom is 0.170 e. The highest BCUT2D eigenvalue weighted by Gasteiger charge is 2.24. The molecule has 0 aliphatic heterocycles. The van der Waals surface area contributed by atoms with E-state index in [4.69, 9.17) is 24.4 Å². The molecule has 7 aromatic carbocycles. The number of rotatable bonds is 5. The standard InChI is InChI=1S/C44H26N4OS/c1-4-12-27(13-5-1)30-20-21-32-25-33(23-22-31(32)24-30)42-46-41(28-14-6-2-7-15-28)47-43(48-42)38-39-37(50-44(45-39)29-16-8-3-9-17-29)26-35-34-18-10-11-19-36(34)49-40(35)38/h1-26H. The summed E-state index contributed by atoms with van der Waals surface area (Å²) in [5.41, 5.74) is 8.35. The third-order valence-corrected chi connectivity index (χ3v) is 10.2. The van der Waals surface area contributed by atoms with Crippen molar-refractivity contribution in [1.82, 2.24) is 19.9 Å². The van der Waals surface area contributed by atoms with E-state index in [1.807, 2.05) is 72.8 Å². The summed E-state index contributed by atoms with van der Waals surface area (Å²) in [6.45, 7) is 0. The predicted octanol–water partition coefficient (Wildman–Crippen LogP) is 11.9. The molecule has 3 aromatic heterocycles. The van der Waals surface area contributed by atoms with Crippen molar-refractivity contribution in [2.24, 2.45) is 0 Å². The molecule has 10 aromatic rings. The number of benzene rings is 7. The highest BCUT2D eigenvalue weighted by Crippen LogP contribution is 2.43. The Morgan fingerprint density at radius 1 is 0.420 bits per heavy atom. The van der Waals surface area contributed by atoms with Gasteiger partial charge in [0.15, 0.2) is 17.5 Å². The number of furan rings is 1. The van der Waals surface area contributed by atoms with Crippen molar-refractivity contribution in [2.75, 3.05) is 0 Å². The van der Waals surface area contributed by atoms with Gasteiger partial charge in [-0.05, 0) is 46.2 Å². The van der Waals surface area contributed by atoms with Crippen molar-refractivity contribution in [3.05, 3.63) is 158 Å². The van der Waals surface area contributed by atoms with Crippen LogP contribution in [0.1, 0.15) is 0 Å². The first-order valence-corrected chi connectivity index (χ1v) is 17.3. The van der Waals surface area contributed by atoms with Crippen LogP contribution < -0.4 is 0 Å². The topological polar surface area (TPSA) is 64.7 Å². The Morgan fingerprint density at radius 3 is 1.74 bits per heavy atom. The van der Waals surface area contributed by atoms with E-state index in [2.05, 4.69) is 84.9 Å². The van der Waals surface area contributed by atoms with E-state index < -0.39 is 0 Å². The van der Waals surface area contributed by atoms with Gasteiger partial charge in [0, 0.05) is 27.5 Å². The zero-order valence-electron chi connectivity index (χ0n) is 26.6. The van der Waals surface area contributed by atoms with Crippen molar-refractivity contribution in [2.45, 2.75) is 0 Å². The molecule has 0 saturated heterocycles. The van der Waals surface area contributed by atoms with Crippen LogP contribution in [0.3, 0.4) is 0 Å². The minimum atomic E-state index is 0.521. The molecular formula is C44H26N4OS. The summed E-state index contributed by atoms with van der Waals surface area (Å²) in [6, 6.07) is 54.1. The molecule has 6 heteroatoms. The summed E-state index contributed by atoms with van der Waals surface area (Å²) in [5, 5.41) is 5.24. The molecule has 0 bridgehead atoms. The second-order valence-electron chi connectivity index (χ2n) is 12.3. The number of thiazole rings is 1. The van der Waals surface area contributed by atoms with E-state index >= 15 is 0 Å². The van der Waals surface area contributed by atoms with E-state index in [0.717, 1.165) is 64.6 Å². The van der Waals surface area contributed by atoms with Crippen LogP contribution in [0, 0.1) is 0 Å². The average Bonchev–Trinajstić information content (AvgIpc) is 3.79. The Hall–Kier alpha value is -6.50. The van der Waals surface area contributed by atoms with Gasteiger partial charge in [0.2, 0.25) is 0 Å². The first kappa shape index (κ1) is 28.5. The van der Waals surface area contributed by atoms with Gasteiger partial charge >= 0.3 is 0 Å². The van der Waals surface area contributed by atoms with Gasteiger partial charge in [0.25, 0.3) is 0 Å². The Kier molecular flexibility index (Phi) is 6.60. The Balaban J connectivity index is 1.22. The number of hydrogen-bond acceptors (Lipinski definition) is 6. The highest BCUT2D eigenvalue weighted by atomic mass is 32.1. The molecule has 10 rings (SSSR count). The summed E-state index contributed by atoms with van der Waals surface area (Å²) in [4.78, 5) is 20.6. The van der Waals surface area contributed by atoms with E-state index in [9.17, 15) is 0 Å². The molecule has 0 radical (unpaired) electrons. The molecule has 5 nitrogen and oxygen atoms in total. The molecule has 0 fully saturated rings. The van der Waals surface area contributed by atoms with Crippen LogP contribution in [0.25, 0.3) is 98.8 Å². The molecule has 0 unspecified atom stereocenters. The van der Waals surface area contributed by atoms with Crippen molar-refractivity contribution in [3.8, 4) is 55.9 Å². The second-order valence-corrected chi connectivity index (χ2v) is 13.3. The monoisotopic (exact) mass is 658 g/mol. The van der Waals surface area contributed by atoms with E-state index in [1.54, 1.807) is 11.3 Å². The van der Waals surface area contributed by atoms with Crippen LogP contribution in [-0.2, 0) is 0 Å². The number of hydrogen-bond donors (Lipinski definition) is 0. The van der Waals surface area contributed by atoms with Gasteiger partial charge in [0.1, 0.15) is 16.2 Å². The van der Waals surface area contributed by atoms with E-state index in [1.165, 1.54) is 11.1 Å². The van der Waals surface area contributed by atoms with Gasteiger partial charge in [-0.2, -0.15) is 0 Å². The fourth-order valence-electron chi connectivity index (χ4n) is 6.68. The quantitative estimate of drug-likeness (QED) is 0.184. The van der Waals surface area contributed by atoms with Crippen molar-refractivity contribution in [1.29, 1.82) is 0 Å². The molecule has 0 atom stereocenters. The van der Waals surface area contributed by atoms with Crippen LogP contribution >= 0.6 is 11.3 Å². The second kappa shape index (κ2) is 11.6. The average molecular weight is 659 g/mol. The normalized spacial score (nSPS) is 11.6. The first-order chi connectivity index (χ1) is 24.7. The van der Waals surface area contributed by atoms with Gasteiger partial charge in [-0.3, -0.25) is 0 Å². The lowest BCUT2D eigenvalue weighted by atomic mass is 10.00. The Bertz CT molecular complexity index is 2860. The first-order valence-electron chi connectivity index (χ1n) is 16.5. The fourth-order valence-corrected chi connectivity index (χ4v) is 7.70. The highest BCUT2D eigenvalue weighted by molar-refractivity contribution is 7.21. The van der Waals surface area contributed by atoms with E-state index in [-0.39, 0.29) is 0 Å². The predicted molar refractivity (Wildman–Crippen MR) is 205 cm³/mol. The van der Waals surface area contributed by atoms with Crippen molar-refractivity contribution in [3.63, 3.8) is 0 Å². The Labute approximate surface area is 291 Å². The Morgan fingerprint density at radius 2 is 1.00 bits per heavy atom. The lowest BCUT2D eigenvalue weighted by molar-refractivity contribution is 0.670. The molecule has 3 heterocycles. The molecule has 0 aliphatic rings. The molecule has 50 heavy (non-hydrogen) atoms. The van der Waals surface area contributed by atoms with Gasteiger partial charge < -0.3 is 4.42 Å². The molecule has 0 spiro atoms. The lowest BCUT2D eigenvalue weighted by Crippen LogP contribution is -2.01.